The third kappa shape index (κ3) is 4.51. The fraction of sp³-hybridized carbons (Fsp3) is 0.263. The zero-order chi connectivity index (χ0) is 19.6. The van der Waals surface area contributed by atoms with Gasteiger partial charge in [-0.1, -0.05) is 29.3 Å². The van der Waals surface area contributed by atoms with Crippen LogP contribution in [-0.4, -0.2) is 47.9 Å². The van der Waals surface area contributed by atoms with Crippen molar-refractivity contribution in [2.75, 3.05) is 31.5 Å². The molecule has 2 aromatic carbocycles. The van der Waals surface area contributed by atoms with Crippen LogP contribution in [0, 0.1) is 12.7 Å². The van der Waals surface area contributed by atoms with Crippen molar-refractivity contribution in [2.24, 2.45) is 0 Å². The van der Waals surface area contributed by atoms with E-state index in [2.05, 4.69) is 5.32 Å². The van der Waals surface area contributed by atoms with Crippen LogP contribution in [0.4, 0.5) is 14.9 Å². The summed E-state index contributed by atoms with van der Waals surface area (Å²) in [5, 5.41) is 3.67. The number of hydrogen-bond donors (Lipinski definition) is 1. The van der Waals surface area contributed by atoms with Gasteiger partial charge in [0.1, 0.15) is 5.82 Å². The molecule has 1 heterocycles. The first-order valence-electron chi connectivity index (χ1n) is 8.41. The number of hydrogen-bond acceptors (Lipinski definition) is 2. The van der Waals surface area contributed by atoms with Crippen molar-refractivity contribution >= 4 is 40.8 Å². The lowest BCUT2D eigenvalue weighted by molar-refractivity contribution is 0.0667. The fourth-order valence-electron chi connectivity index (χ4n) is 2.82. The van der Waals surface area contributed by atoms with Gasteiger partial charge in [0, 0.05) is 41.9 Å². The number of aryl methyl sites for hydroxylation is 1. The number of benzene rings is 2. The van der Waals surface area contributed by atoms with Crippen LogP contribution in [0.5, 0.6) is 0 Å². The number of amides is 3. The Balaban J connectivity index is 1.59. The summed E-state index contributed by atoms with van der Waals surface area (Å²) in [5.74, 6) is -1.04. The molecule has 8 heteroatoms. The summed E-state index contributed by atoms with van der Waals surface area (Å²) >= 11 is 11.9. The zero-order valence-corrected chi connectivity index (χ0v) is 16.1. The number of piperazine rings is 1. The third-order valence-corrected chi connectivity index (χ3v) is 5.08. The van der Waals surface area contributed by atoms with Crippen LogP contribution in [0.1, 0.15) is 15.9 Å². The van der Waals surface area contributed by atoms with E-state index in [1.807, 2.05) is 13.0 Å². The second-order valence-electron chi connectivity index (χ2n) is 6.30. The molecule has 0 aromatic heterocycles. The molecule has 27 heavy (non-hydrogen) atoms. The Kier molecular flexibility index (Phi) is 5.87. The second kappa shape index (κ2) is 8.15. The first-order chi connectivity index (χ1) is 12.8. The van der Waals surface area contributed by atoms with Gasteiger partial charge in [-0.3, -0.25) is 4.79 Å². The van der Waals surface area contributed by atoms with E-state index < -0.39 is 11.7 Å². The van der Waals surface area contributed by atoms with Crippen molar-refractivity contribution in [3.63, 3.8) is 0 Å². The minimum atomic E-state index is -0.610. The topological polar surface area (TPSA) is 52.7 Å². The van der Waals surface area contributed by atoms with Gasteiger partial charge >= 0.3 is 6.03 Å². The van der Waals surface area contributed by atoms with Gasteiger partial charge in [-0.15, -0.1) is 0 Å². The van der Waals surface area contributed by atoms with Gasteiger partial charge in [0.2, 0.25) is 0 Å². The first-order valence-corrected chi connectivity index (χ1v) is 9.17. The number of nitrogens with zero attached hydrogens (tertiary/aromatic N) is 2. The highest BCUT2D eigenvalue weighted by atomic mass is 35.5. The van der Waals surface area contributed by atoms with E-state index in [0.717, 1.165) is 5.56 Å². The number of nitrogens with one attached hydrogen (secondary N) is 1. The van der Waals surface area contributed by atoms with E-state index in [9.17, 15) is 14.0 Å². The lowest BCUT2D eigenvalue weighted by atomic mass is 10.1. The maximum Gasteiger partial charge on any atom is 0.321 e. The Bertz CT molecular complexity index is 883. The number of urea groups is 1. The highest BCUT2D eigenvalue weighted by Gasteiger charge is 2.26. The maximum atomic E-state index is 13.9. The molecule has 5 nitrogen and oxygen atoms in total. The molecule has 0 bridgehead atoms. The summed E-state index contributed by atoms with van der Waals surface area (Å²) in [5.41, 5.74) is 1.47. The molecule has 1 fully saturated rings. The van der Waals surface area contributed by atoms with Crippen LogP contribution in [0.25, 0.3) is 0 Å². The summed E-state index contributed by atoms with van der Waals surface area (Å²) in [6, 6.07) is 8.92. The van der Waals surface area contributed by atoms with Crippen molar-refractivity contribution in [1.29, 1.82) is 0 Å². The van der Waals surface area contributed by atoms with Crippen LogP contribution in [0.2, 0.25) is 10.0 Å². The minimum Gasteiger partial charge on any atom is -0.335 e. The second-order valence-corrected chi connectivity index (χ2v) is 7.14. The third-order valence-electron chi connectivity index (χ3n) is 4.44. The van der Waals surface area contributed by atoms with Gasteiger partial charge in [-0.25, -0.2) is 9.18 Å². The van der Waals surface area contributed by atoms with E-state index >= 15 is 0 Å². The summed E-state index contributed by atoms with van der Waals surface area (Å²) in [4.78, 5) is 28.0. The fourth-order valence-corrected chi connectivity index (χ4v) is 3.17. The first kappa shape index (κ1) is 19.5. The number of anilines is 1. The monoisotopic (exact) mass is 409 g/mol. The molecular weight excluding hydrogens is 392 g/mol. The lowest BCUT2D eigenvalue weighted by Crippen LogP contribution is -2.51. The molecule has 0 saturated carbocycles. The lowest BCUT2D eigenvalue weighted by Gasteiger charge is -2.34. The van der Waals surface area contributed by atoms with E-state index in [-0.39, 0.29) is 11.6 Å². The van der Waals surface area contributed by atoms with Crippen LogP contribution in [0.15, 0.2) is 36.4 Å². The van der Waals surface area contributed by atoms with Crippen molar-refractivity contribution in [2.45, 2.75) is 6.92 Å². The average molecular weight is 410 g/mol. The molecular formula is C19H18Cl2FN3O2. The predicted molar refractivity (Wildman–Crippen MR) is 104 cm³/mol. The largest absolute Gasteiger partial charge is 0.335 e. The number of carbonyl (C=O) groups excluding carboxylic acids is 2. The van der Waals surface area contributed by atoms with Crippen molar-refractivity contribution in [1.82, 2.24) is 9.80 Å². The average Bonchev–Trinajstić information content (AvgIpc) is 2.66. The number of rotatable bonds is 2. The highest BCUT2D eigenvalue weighted by molar-refractivity contribution is 6.31. The predicted octanol–water partition coefficient (Wildman–Crippen LogP) is 4.43. The maximum absolute atomic E-state index is 13.9. The summed E-state index contributed by atoms with van der Waals surface area (Å²) in [6.45, 7) is 3.20. The van der Waals surface area contributed by atoms with E-state index in [4.69, 9.17) is 23.2 Å². The molecule has 1 aliphatic heterocycles. The molecule has 2 aromatic rings. The molecule has 1 saturated heterocycles. The van der Waals surface area contributed by atoms with Gasteiger partial charge in [0.25, 0.3) is 5.91 Å². The highest BCUT2D eigenvalue weighted by Crippen LogP contribution is 2.21. The molecule has 0 unspecified atom stereocenters. The number of halogens is 3. The molecule has 1 aliphatic rings. The zero-order valence-electron chi connectivity index (χ0n) is 14.6. The van der Waals surface area contributed by atoms with Gasteiger partial charge in [-0.05, 0) is 42.8 Å². The molecule has 0 spiro atoms. The van der Waals surface area contributed by atoms with Gasteiger partial charge < -0.3 is 15.1 Å². The number of carbonyl (C=O) groups is 2. The summed E-state index contributed by atoms with van der Waals surface area (Å²) in [6.07, 6.45) is 0. The Morgan fingerprint density at radius 1 is 1.00 bits per heavy atom. The SMILES string of the molecule is Cc1ccc(NC(=O)N2CCN(C(=O)c3cc(Cl)ccc3F)CC2)cc1Cl. The van der Waals surface area contributed by atoms with E-state index in [1.54, 1.807) is 17.0 Å². The van der Waals surface area contributed by atoms with Crippen LogP contribution < -0.4 is 5.32 Å². The van der Waals surface area contributed by atoms with Gasteiger partial charge in [-0.2, -0.15) is 0 Å². The molecule has 0 aliphatic carbocycles. The van der Waals surface area contributed by atoms with Crippen LogP contribution >= 0.6 is 23.2 Å². The summed E-state index contributed by atoms with van der Waals surface area (Å²) < 4.78 is 13.9. The van der Waals surface area contributed by atoms with Crippen molar-refractivity contribution in [3.05, 3.63) is 63.4 Å². The van der Waals surface area contributed by atoms with Crippen molar-refractivity contribution in [3.8, 4) is 0 Å². The molecule has 3 amide bonds. The molecule has 142 valence electrons. The van der Waals surface area contributed by atoms with E-state index in [1.165, 1.54) is 23.1 Å². The Hall–Kier alpha value is -2.31. The normalized spacial score (nSPS) is 14.2. The Morgan fingerprint density at radius 3 is 2.33 bits per heavy atom. The quantitative estimate of drug-likeness (QED) is 0.797. The minimum absolute atomic E-state index is 0.0605. The Morgan fingerprint density at radius 2 is 1.67 bits per heavy atom. The molecule has 0 radical (unpaired) electrons. The molecule has 1 N–H and O–H groups in total. The van der Waals surface area contributed by atoms with Gasteiger partial charge in [0.05, 0.1) is 5.56 Å². The standard InChI is InChI=1S/C19H18Cl2FN3O2/c1-12-2-4-14(11-16(12)21)23-19(27)25-8-6-24(7-9-25)18(26)15-10-13(20)3-5-17(15)22/h2-5,10-11H,6-9H2,1H3,(H,23,27). The van der Waals surface area contributed by atoms with Crippen LogP contribution in [0.3, 0.4) is 0 Å². The Labute approximate surface area is 166 Å². The van der Waals surface area contributed by atoms with E-state index in [0.29, 0.717) is 41.9 Å². The smallest absolute Gasteiger partial charge is 0.321 e. The molecule has 0 atom stereocenters. The molecule has 3 rings (SSSR count). The summed E-state index contributed by atoms with van der Waals surface area (Å²) in [7, 11) is 0. The van der Waals surface area contributed by atoms with Gasteiger partial charge in [0.15, 0.2) is 0 Å². The van der Waals surface area contributed by atoms with Crippen LogP contribution in [-0.2, 0) is 0 Å². The van der Waals surface area contributed by atoms with Crippen molar-refractivity contribution < 1.29 is 14.0 Å².